The van der Waals surface area contributed by atoms with Gasteiger partial charge in [-0.3, -0.25) is 9.59 Å². The highest BCUT2D eigenvalue weighted by Crippen LogP contribution is 2.38. The minimum Gasteiger partial charge on any atom is -0.478 e. The molecule has 6 aromatic rings. The Balaban J connectivity index is 1.15. The molecule has 262 valence electrons. The van der Waals surface area contributed by atoms with E-state index in [0.717, 1.165) is 41.1 Å². The van der Waals surface area contributed by atoms with Crippen molar-refractivity contribution < 1.29 is 19.5 Å². The van der Waals surface area contributed by atoms with Gasteiger partial charge in [-0.15, -0.1) is 0 Å². The van der Waals surface area contributed by atoms with Crippen LogP contribution < -0.4 is 10.6 Å². The first-order valence-corrected chi connectivity index (χ1v) is 17.6. The maximum atomic E-state index is 13.9. The largest absolute Gasteiger partial charge is 0.478 e. The van der Waals surface area contributed by atoms with Crippen molar-refractivity contribution in [2.75, 3.05) is 5.32 Å². The van der Waals surface area contributed by atoms with Crippen LogP contribution in [0.2, 0.25) is 0 Å². The molecule has 2 heterocycles. The Kier molecular flexibility index (Phi) is 10.3. The van der Waals surface area contributed by atoms with Crippen LogP contribution in [0.25, 0.3) is 22.7 Å². The van der Waals surface area contributed by atoms with Gasteiger partial charge in [0.2, 0.25) is 5.91 Å². The van der Waals surface area contributed by atoms with E-state index in [-0.39, 0.29) is 6.42 Å². The van der Waals surface area contributed by atoms with Crippen molar-refractivity contribution in [1.29, 1.82) is 0 Å². The molecule has 7 rings (SSSR count). The fourth-order valence-electron chi connectivity index (χ4n) is 6.91. The third-order valence-corrected chi connectivity index (χ3v) is 9.49. The highest BCUT2D eigenvalue weighted by atomic mass is 16.4. The van der Waals surface area contributed by atoms with Crippen LogP contribution in [0.1, 0.15) is 70.9 Å². The first-order chi connectivity index (χ1) is 25.4. The summed E-state index contributed by atoms with van der Waals surface area (Å²) >= 11 is 0. The van der Waals surface area contributed by atoms with Gasteiger partial charge in [-0.1, -0.05) is 86.0 Å². The molecule has 0 aliphatic heterocycles. The van der Waals surface area contributed by atoms with E-state index in [0.29, 0.717) is 35.0 Å². The molecule has 1 saturated carbocycles. The van der Waals surface area contributed by atoms with Gasteiger partial charge in [0.15, 0.2) is 0 Å². The molecular weight excluding hydrogens is 652 g/mol. The second-order valence-electron chi connectivity index (χ2n) is 13.2. The molecule has 52 heavy (non-hydrogen) atoms. The smallest absolute Gasteiger partial charge is 0.328 e. The molecule has 1 aliphatic carbocycles. The summed E-state index contributed by atoms with van der Waals surface area (Å²) in [7, 11) is 0. The summed E-state index contributed by atoms with van der Waals surface area (Å²) in [5, 5.41) is 20.9. The average molecular weight is 693 g/mol. The number of nitrogens with zero attached hydrogens (tertiary/aromatic N) is 4. The lowest BCUT2D eigenvalue weighted by molar-refractivity contribution is -0.131. The number of fused-ring (bicyclic) bond motifs is 1. The van der Waals surface area contributed by atoms with Crippen molar-refractivity contribution in [1.82, 2.24) is 24.6 Å². The number of rotatable bonds is 12. The zero-order valence-electron chi connectivity index (χ0n) is 28.7. The molecule has 2 aromatic heterocycles. The number of aromatic nitrogens is 4. The van der Waals surface area contributed by atoms with Crippen molar-refractivity contribution in [2.45, 2.75) is 57.0 Å². The maximum Gasteiger partial charge on any atom is 0.328 e. The molecule has 0 radical (unpaired) electrons. The van der Waals surface area contributed by atoms with E-state index in [4.69, 9.17) is 10.2 Å². The van der Waals surface area contributed by atoms with Gasteiger partial charge in [0.1, 0.15) is 6.04 Å². The van der Waals surface area contributed by atoms with Gasteiger partial charge in [0.05, 0.1) is 28.9 Å². The van der Waals surface area contributed by atoms with Crippen LogP contribution in [-0.4, -0.2) is 48.3 Å². The van der Waals surface area contributed by atoms with Gasteiger partial charge < -0.3 is 20.3 Å². The lowest BCUT2D eigenvalue weighted by Gasteiger charge is -2.23. The van der Waals surface area contributed by atoms with E-state index in [1.807, 2.05) is 82.2 Å². The van der Waals surface area contributed by atoms with Crippen LogP contribution in [-0.2, 0) is 22.6 Å². The number of para-hydroxylation sites is 1. The van der Waals surface area contributed by atoms with Crippen molar-refractivity contribution in [2.24, 2.45) is 0 Å². The SMILES string of the molecule is O=C(O)/C=C/c1ccc(NC(=O)[C@H](Cc2cn(Cc3ccccc3)cn2)NC(=O)c2ccc3c(C4CCCCC4)n(-c4ccccc4)nc3c2)cc1. The molecule has 2 amide bonds. The van der Waals surface area contributed by atoms with Crippen molar-refractivity contribution in [3.8, 4) is 5.69 Å². The van der Waals surface area contributed by atoms with E-state index in [1.165, 1.54) is 31.0 Å². The maximum absolute atomic E-state index is 13.9. The second-order valence-corrected chi connectivity index (χ2v) is 13.2. The summed E-state index contributed by atoms with van der Waals surface area (Å²) < 4.78 is 3.98. The van der Waals surface area contributed by atoms with Gasteiger partial charge in [0.25, 0.3) is 5.91 Å². The molecule has 1 aliphatic rings. The molecule has 0 spiro atoms. The highest BCUT2D eigenvalue weighted by Gasteiger charge is 2.26. The quantitative estimate of drug-likeness (QED) is 0.115. The predicted octanol–water partition coefficient (Wildman–Crippen LogP) is 7.40. The van der Waals surface area contributed by atoms with E-state index < -0.39 is 23.8 Å². The molecule has 1 fully saturated rings. The number of benzene rings is 4. The Bertz CT molecular complexity index is 2200. The lowest BCUT2D eigenvalue weighted by Crippen LogP contribution is -2.45. The summed E-state index contributed by atoms with van der Waals surface area (Å²) in [6.45, 7) is 0.623. The summed E-state index contributed by atoms with van der Waals surface area (Å²) in [5.74, 6) is -1.46. The summed E-state index contributed by atoms with van der Waals surface area (Å²) in [6, 6.07) is 31.6. The summed E-state index contributed by atoms with van der Waals surface area (Å²) in [6.07, 6.45) is 12.1. The Morgan fingerprint density at radius 1 is 0.885 bits per heavy atom. The highest BCUT2D eigenvalue weighted by molar-refractivity contribution is 6.03. The first kappa shape index (κ1) is 34.2. The number of hydrogen-bond donors (Lipinski definition) is 3. The number of nitrogens with one attached hydrogen (secondary N) is 2. The lowest BCUT2D eigenvalue weighted by atomic mass is 9.85. The normalized spacial score (nSPS) is 14.0. The number of amides is 2. The molecule has 10 heteroatoms. The standard InChI is InChI=1S/C42H40N6O4/c49-39(50)23-18-29-16-20-33(21-17-29)44-42(52)38(25-34-27-47(28-43-34)26-30-10-4-1-5-11-30)45-41(51)32-19-22-36-37(24-32)46-48(35-14-8-3-9-15-35)40(36)31-12-6-2-7-13-31/h1,3-5,8-11,14-24,27-28,31,38H,2,6-7,12-13,25-26H2,(H,44,52)(H,45,51)(H,49,50)/b23-18+/t38-/m0/s1. The number of hydrogen-bond acceptors (Lipinski definition) is 5. The fraction of sp³-hybridized carbons (Fsp3) is 0.214. The van der Waals surface area contributed by atoms with Crippen molar-refractivity contribution in [3.63, 3.8) is 0 Å². The van der Waals surface area contributed by atoms with Gasteiger partial charge in [-0.25, -0.2) is 14.5 Å². The Labute approximate surface area is 301 Å². The Morgan fingerprint density at radius 2 is 1.62 bits per heavy atom. The molecule has 0 bridgehead atoms. The van der Waals surface area contributed by atoms with Crippen LogP contribution >= 0.6 is 0 Å². The zero-order valence-corrected chi connectivity index (χ0v) is 28.7. The topological polar surface area (TPSA) is 131 Å². The van der Waals surface area contributed by atoms with Crippen LogP contribution in [0, 0.1) is 0 Å². The average Bonchev–Trinajstić information content (AvgIpc) is 3.79. The van der Waals surface area contributed by atoms with Crippen LogP contribution in [0.15, 0.2) is 122 Å². The molecule has 3 N–H and O–H groups in total. The van der Waals surface area contributed by atoms with Gasteiger partial charge in [-0.2, -0.15) is 5.10 Å². The third-order valence-electron chi connectivity index (χ3n) is 9.49. The zero-order chi connectivity index (χ0) is 35.9. The van der Waals surface area contributed by atoms with Crippen LogP contribution in [0.5, 0.6) is 0 Å². The molecule has 0 unspecified atom stereocenters. The molecular formula is C42H40N6O4. The number of anilines is 1. The number of imidazole rings is 1. The van der Waals surface area contributed by atoms with Gasteiger partial charge >= 0.3 is 5.97 Å². The van der Waals surface area contributed by atoms with Crippen LogP contribution in [0.4, 0.5) is 5.69 Å². The van der Waals surface area contributed by atoms with Gasteiger partial charge in [-0.05, 0) is 66.4 Å². The van der Waals surface area contributed by atoms with Gasteiger partial charge in [0, 0.05) is 47.8 Å². The number of carboxylic acid groups (broad SMARTS) is 1. The second kappa shape index (κ2) is 15.7. The summed E-state index contributed by atoms with van der Waals surface area (Å²) in [5.41, 5.74) is 6.25. The molecule has 4 aromatic carbocycles. The van der Waals surface area contributed by atoms with E-state index in [2.05, 4.69) is 27.8 Å². The monoisotopic (exact) mass is 692 g/mol. The first-order valence-electron chi connectivity index (χ1n) is 17.6. The number of carboxylic acids is 1. The predicted molar refractivity (Wildman–Crippen MR) is 201 cm³/mol. The molecule has 1 atom stereocenters. The number of aliphatic carboxylic acids is 1. The third kappa shape index (κ3) is 8.18. The molecule has 10 nitrogen and oxygen atoms in total. The van der Waals surface area contributed by atoms with E-state index in [9.17, 15) is 14.4 Å². The van der Waals surface area contributed by atoms with Crippen molar-refractivity contribution in [3.05, 3.63) is 150 Å². The minimum absolute atomic E-state index is 0.162. The summed E-state index contributed by atoms with van der Waals surface area (Å²) in [4.78, 5) is 43.2. The van der Waals surface area contributed by atoms with Crippen LogP contribution in [0.3, 0.4) is 0 Å². The Morgan fingerprint density at radius 3 is 2.35 bits per heavy atom. The minimum atomic E-state index is -1.05. The van der Waals surface area contributed by atoms with Crippen molar-refractivity contribution >= 4 is 40.4 Å². The van der Waals surface area contributed by atoms with E-state index in [1.54, 1.807) is 30.6 Å². The molecule has 0 saturated heterocycles. The van der Waals surface area contributed by atoms with E-state index >= 15 is 0 Å². The number of carbonyl (C=O) groups excluding carboxylic acids is 2. The number of carbonyl (C=O) groups is 3. The Hall–Kier alpha value is -6.29. The fourth-order valence-corrected chi connectivity index (χ4v) is 6.91.